The van der Waals surface area contributed by atoms with Crippen LogP contribution in [0, 0.1) is 0 Å². The number of esters is 1. The fraction of sp³-hybridized carbons (Fsp3) is 0.909. The first kappa shape index (κ1) is 13.6. The highest BCUT2D eigenvalue weighted by Crippen LogP contribution is 2.52. The summed E-state index contributed by atoms with van der Waals surface area (Å²) in [6.07, 6.45) is -4.53. The summed E-state index contributed by atoms with van der Waals surface area (Å²) in [5, 5.41) is 9.60. The number of aliphatic hydroxyl groups is 1. The Morgan fingerprint density at radius 1 is 1.44 bits per heavy atom. The van der Waals surface area contributed by atoms with Gasteiger partial charge in [0, 0.05) is 6.92 Å². The lowest BCUT2D eigenvalue weighted by molar-refractivity contribution is -0.357. The molecule has 1 N–H and O–H groups in total. The van der Waals surface area contributed by atoms with Crippen LogP contribution in [0.3, 0.4) is 0 Å². The van der Waals surface area contributed by atoms with Gasteiger partial charge in [-0.2, -0.15) is 13.2 Å². The standard InChI is InChI=1S/C11H15F3O4/c1-7(15)17-9-5-3-2-4-8(9)18-10(16,6-9)11(12,13)14/h8,16H,2-6H2,1H3. The SMILES string of the molecule is CC(=O)OC12CCCCC1OC(O)(C(F)(F)F)C2. The average molecular weight is 268 g/mol. The van der Waals surface area contributed by atoms with Crippen molar-refractivity contribution in [2.45, 2.75) is 62.7 Å². The second-order valence-electron chi connectivity index (χ2n) is 4.97. The van der Waals surface area contributed by atoms with Crippen LogP contribution in [-0.2, 0) is 14.3 Å². The minimum absolute atomic E-state index is 0.287. The van der Waals surface area contributed by atoms with Crippen LogP contribution >= 0.6 is 0 Å². The fourth-order valence-corrected chi connectivity index (χ4v) is 2.84. The van der Waals surface area contributed by atoms with Crippen molar-refractivity contribution in [3.8, 4) is 0 Å². The van der Waals surface area contributed by atoms with Crippen LogP contribution in [0.1, 0.15) is 39.0 Å². The minimum atomic E-state index is -4.89. The van der Waals surface area contributed by atoms with Gasteiger partial charge in [-0.05, 0) is 19.3 Å². The smallest absolute Gasteiger partial charge is 0.443 e. The first-order valence-corrected chi connectivity index (χ1v) is 5.85. The van der Waals surface area contributed by atoms with Crippen LogP contribution in [0.4, 0.5) is 13.2 Å². The van der Waals surface area contributed by atoms with Gasteiger partial charge in [0.25, 0.3) is 5.79 Å². The quantitative estimate of drug-likeness (QED) is 0.738. The number of hydrogen-bond acceptors (Lipinski definition) is 4. The zero-order valence-corrected chi connectivity index (χ0v) is 9.92. The van der Waals surface area contributed by atoms with Gasteiger partial charge in [-0.1, -0.05) is 6.42 Å². The van der Waals surface area contributed by atoms with Gasteiger partial charge < -0.3 is 14.6 Å². The molecule has 0 bridgehead atoms. The number of hydrogen-bond donors (Lipinski definition) is 1. The summed E-state index contributed by atoms with van der Waals surface area (Å²) in [6.45, 7) is 1.14. The van der Waals surface area contributed by atoms with Gasteiger partial charge in [-0.15, -0.1) is 0 Å². The Hall–Kier alpha value is -0.820. The van der Waals surface area contributed by atoms with E-state index in [0.717, 1.165) is 6.92 Å². The molecule has 3 unspecified atom stereocenters. The summed E-state index contributed by atoms with van der Waals surface area (Å²) in [5.74, 6) is -3.87. The third-order valence-electron chi connectivity index (χ3n) is 3.57. The van der Waals surface area contributed by atoms with Crippen molar-refractivity contribution in [1.29, 1.82) is 0 Å². The molecule has 2 aliphatic rings. The number of alkyl halides is 3. The van der Waals surface area contributed by atoms with Gasteiger partial charge in [-0.25, -0.2) is 0 Å². The van der Waals surface area contributed by atoms with Gasteiger partial charge in [0.2, 0.25) is 0 Å². The second kappa shape index (κ2) is 4.09. The van der Waals surface area contributed by atoms with E-state index >= 15 is 0 Å². The van der Waals surface area contributed by atoms with E-state index in [1.807, 2.05) is 0 Å². The van der Waals surface area contributed by atoms with Crippen LogP contribution < -0.4 is 0 Å². The van der Waals surface area contributed by atoms with E-state index in [0.29, 0.717) is 19.3 Å². The summed E-state index contributed by atoms with van der Waals surface area (Å²) in [4.78, 5) is 11.1. The minimum Gasteiger partial charge on any atom is -0.456 e. The van der Waals surface area contributed by atoms with Gasteiger partial charge in [0.1, 0.15) is 11.7 Å². The van der Waals surface area contributed by atoms with E-state index in [2.05, 4.69) is 0 Å². The zero-order valence-electron chi connectivity index (χ0n) is 9.92. The molecule has 2 fully saturated rings. The van der Waals surface area contributed by atoms with Crippen molar-refractivity contribution in [3.63, 3.8) is 0 Å². The number of ether oxygens (including phenoxy) is 2. The number of carbonyl (C=O) groups is 1. The van der Waals surface area contributed by atoms with Crippen molar-refractivity contribution in [2.75, 3.05) is 0 Å². The highest BCUT2D eigenvalue weighted by atomic mass is 19.4. The molecule has 1 aliphatic carbocycles. The Balaban J connectivity index is 2.28. The molecule has 0 aromatic heterocycles. The molecule has 2 rings (SSSR count). The van der Waals surface area contributed by atoms with Crippen molar-refractivity contribution in [2.24, 2.45) is 0 Å². The number of rotatable bonds is 1. The van der Waals surface area contributed by atoms with Crippen molar-refractivity contribution in [3.05, 3.63) is 0 Å². The van der Waals surface area contributed by atoms with Crippen molar-refractivity contribution < 1.29 is 32.5 Å². The topological polar surface area (TPSA) is 55.8 Å². The Morgan fingerprint density at radius 2 is 2.11 bits per heavy atom. The Morgan fingerprint density at radius 3 is 2.67 bits per heavy atom. The lowest BCUT2D eigenvalue weighted by Crippen LogP contribution is -2.47. The molecular weight excluding hydrogens is 253 g/mol. The zero-order chi connectivity index (χ0) is 13.6. The average Bonchev–Trinajstić information content (AvgIpc) is 2.48. The Labute approximate surface area is 102 Å². The van der Waals surface area contributed by atoms with Crippen LogP contribution in [0.15, 0.2) is 0 Å². The first-order valence-electron chi connectivity index (χ1n) is 5.85. The van der Waals surface area contributed by atoms with E-state index in [1.165, 1.54) is 0 Å². The third-order valence-corrected chi connectivity index (χ3v) is 3.57. The van der Waals surface area contributed by atoms with Crippen molar-refractivity contribution >= 4 is 5.97 Å². The first-order chi connectivity index (χ1) is 8.19. The molecule has 1 saturated heterocycles. The number of carbonyl (C=O) groups excluding carboxylic acids is 1. The Kier molecular flexibility index (Phi) is 3.09. The molecule has 18 heavy (non-hydrogen) atoms. The Bertz CT molecular complexity index is 357. The molecule has 0 amide bonds. The lowest BCUT2D eigenvalue weighted by atomic mass is 9.80. The molecule has 0 spiro atoms. The molecule has 104 valence electrons. The molecule has 3 atom stereocenters. The van der Waals surface area contributed by atoms with Gasteiger partial charge in [0.05, 0.1) is 6.42 Å². The van der Waals surface area contributed by atoms with E-state index in [9.17, 15) is 23.1 Å². The van der Waals surface area contributed by atoms with Crippen molar-refractivity contribution in [1.82, 2.24) is 0 Å². The van der Waals surface area contributed by atoms with Crippen LogP contribution in [0.25, 0.3) is 0 Å². The molecule has 0 aromatic carbocycles. The summed E-state index contributed by atoms with van der Waals surface area (Å²) in [6, 6.07) is 0. The highest BCUT2D eigenvalue weighted by molar-refractivity contribution is 5.66. The molecular formula is C11H15F3O4. The van der Waals surface area contributed by atoms with E-state index < -0.39 is 36.1 Å². The largest absolute Gasteiger partial charge is 0.456 e. The fourth-order valence-electron chi connectivity index (χ4n) is 2.84. The van der Waals surface area contributed by atoms with E-state index in [1.54, 1.807) is 0 Å². The summed E-state index contributed by atoms with van der Waals surface area (Å²) < 4.78 is 48.2. The monoisotopic (exact) mass is 268 g/mol. The molecule has 1 heterocycles. The normalized spacial score (nSPS) is 40.4. The number of halogens is 3. The molecule has 4 nitrogen and oxygen atoms in total. The molecule has 0 radical (unpaired) electrons. The van der Waals surface area contributed by atoms with E-state index in [4.69, 9.17) is 9.47 Å². The second-order valence-corrected chi connectivity index (χ2v) is 4.97. The number of fused-ring (bicyclic) bond motifs is 1. The van der Waals surface area contributed by atoms with Gasteiger partial charge >= 0.3 is 12.1 Å². The summed E-state index contributed by atoms with van der Waals surface area (Å²) >= 11 is 0. The molecule has 0 aromatic rings. The van der Waals surface area contributed by atoms with Crippen LogP contribution in [0.2, 0.25) is 0 Å². The molecule has 1 saturated carbocycles. The molecule has 1 aliphatic heterocycles. The predicted octanol–water partition coefficient (Wildman–Crippen LogP) is 1.90. The summed E-state index contributed by atoms with van der Waals surface area (Å²) in [7, 11) is 0. The highest BCUT2D eigenvalue weighted by Gasteiger charge is 2.68. The van der Waals surface area contributed by atoms with Crippen LogP contribution in [-0.4, -0.2) is 34.7 Å². The van der Waals surface area contributed by atoms with E-state index in [-0.39, 0.29) is 6.42 Å². The van der Waals surface area contributed by atoms with Crippen LogP contribution in [0.5, 0.6) is 0 Å². The lowest BCUT2D eigenvalue weighted by Gasteiger charge is -2.36. The maximum absolute atomic E-state index is 12.8. The predicted molar refractivity (Wildman–Crippen MR) is 53.5 cm³/mol. The molecule has 7 heteroatoms. The third kappa shape index (κ3) is 2.09. The summed E-state index contributed by atoms with van der Waals surface area (Å²) in [5.41, 5.74) is -1.34. The van der Waals surface area contributed by atoms with Gasteiger partial charge in [-0.3, -0.25) is 4.79 Å². The maximum Gasteiger partial charge on any atom is 0.443 e. The maximum atomic E-state index is 12.8. The van der Waals surface area contributed by atoms with Gasteiger partial charge in [0.15, 0.2) is 0 Å².